The molecule has 0 aliphatic heterocycles. The summed E-state index contributed by atoms with van der Waals surface area (Å²) in [6.07, 6.45) is 0. The monoisotopic (exact) mass is 317 g/mol. The molecule has 0 aromatic rings. The molecule has 0 atom stereocenters. The quantitative estimate of drug-likeness (QED) is 0.569. The van der Waals surface area contributed by atoms with E-state index in [4.69, 9.17) is 0 Å². The molecule has 0 aliphatic rings. The summed E-state index contributed by atoms with van der Waals surface area (Å²) in [5.74, 6) is 0. The predicted octanol–water partition coefficient (Wildman–Crippen LogP) is 0.460. The minimum Gasteiger partial charge on any atom is 0 e. The molecule has 0 rings (SSSR count). The Balaban J connectivity index is -0.00000000500. The van der Waals surface area contributed by atoms with Crippen LogP contribution in [0, 0.1) is 0 Å². The molecular formula is Ag2BrMg. The van der Waals surface area contributed by atoms with Crippen LogP contribution in [0.3, 0.4) is 0 Å². The van der Waals surface area contributed by atoms with Gasteiger partial charge in [-0.2, -0.15) is 0 Å². The molecule has 0 aromatic carbocycles. The number of halogens is 1. The normalized spacial score (nSPS) is 1.75. The van der Waals surface area contributed by atoms with Crippen LogP contribution in [0.4, 0.5) is 0 Å². The molecule has 0 aliphatic carbocycles. The van der Waals surface area contributed by atoms with E-state index in [9.17, 15) is 0 Å². The Labute approximate surface area is 76.0 Å². The molecule has 0 saturated carbocycles. The van der Waals surface area contributed by atoms with Gasteiger partial charge < -0.3 is 0 Å². The first-order valence-electron chi connectivity index (χ1n) is 0.114. The largest absolute Gasteiger partial charge is 0 e. The van der Waals surface area contributed by atoms with Crippen LogP contribution in [0.1, 0.15) is 0 Å². The minimum atomic E-state index is 0. The third-order valence-electron chi connectivity index (χ3n) is 0. The first-order chi connectivity index (χ1) is 1.00. The van der Waals surface area contributed by atoms with Crippen molar-refractivity contribution in [3.63, 3.8) is 0 Å². The van der Waals surface area contributed by atoms with Gasteiger partial charge in [0, 0.05) is 45.4 Å². The third-order valence-corrected chi connectivity index (χ3v) is 0. The van der Waals surface area contributed by atoms with E-state index >= 15 is 0 Å². The van der Waals surface area contributed by atoms with Gasteiger partial charge in [-0.25, -0.2) is 0 Å². The van der Waals surface area contributed by atoms with E-state index in [-0.39, 0.29) is 45.4 Å². The van der Waals surface area contributed by atoms with Crippen molar-refractivity contribution in [2.24, 2.45) is 0 Å². The van der Waals surface area contributed by atoms with Gasteiger partial charge in [0.25, 0.3) is 0 Å². The summed E-state index contributed by atoms with van der Waals surface area (Å²) in [5, 5.41) is 0. The minimum absolute atomic E-state index is 0. The summed E-state index contributed by atoms with van der Waals surface area (Å²) in [6.45, 7) is 0. The molecule has 4 heteroatoms. The zero-order valence-corrected chi connectivity index (χ0v) is 7.65. The van der Waals surface area contributed by atoms with Gasteiger partial charge in [-0.1, -0.05) is 0 Å². The third kappa shape index (κ3) is 8.83. The van der Waals surface area contributed by atoms with Crippen molar-refractivity contribution in [3.05, 3.63) is 0 Å². The molecule has 0 saturated heterocycles. The van der Waals surface area contributed by atoms with E-state index in [2.05, 4.69) is 32.0 Å². The Kier molecular flexibility index (Phi) is 68.3. The van der Waals surface area contributed by atoms with Crippen LogP contribution in [0.2, 0.25) is 0 Å². The summed E-state index contributed by atoms with van der Waals surface area (Å²) in [4.78, 5) is 0. The molecular weight excluding hydrogens is 320 g/mol. The van der Waals surface area contributed by atoms with E-state index in [1.54, 1.807) is 0 Å². The molecule has 0 N–H and O–H groups in total. The molecule has 0 spiro atoms. The molecule has 3 radical (unpaired) electrons. The first kappa shape index (κ1) is 15.9. The second-order valence-electron chi connectivity index (χ2n) is 0. The zero-order chi connectivity index (χ0) is 2.00. The molecule has 0 unspecified atom stereocenters. The van der Waals surface area contributed by atoms with Crippen LogP contribution < -0.4 is 0 Å². The van der Waals surface area contributed by atoms with Crippen LogP contribution in [-0.4, -0.2) is 23.1 Å². The average Bonchev–Trinajstić information content (AvgIpc) is 1.00. The van der Waals surface area contributed by atoms with Crippen molar-refractivity contribution in [1.82, 2.24) is 0 Å². The fourth-order valence-corrected chi connectivity index (χ4v) is 0. The van der Waals surface area contributed by atoms with E-state index in [1.807, 2.05) is 0 Å². The number of rotatable bonds is 0. The fraction of sp³-hybridized carbons (Fsp3) is 0. The topological polar surface area (TPSA) is 0 Å². The molecule has 0 nitrogen and oxygen atoms in total. The maximum absolute atomic E-state index is 2.76. The van der Waals surface area contributed by atoms with Crippen molar-refractivity contribution in [3.8, 4) is 0 Å². The van der Waals surface area contributed by atoms with Gasteiger partial charge in [-0.15, -0.1) is 0 Å². The van der Waals surface area contributed by atoms with Gasteiger partial charge in [0.05, 0.1) is 0 Å². The van der Waals surface area contributed by atoms with Crippen LogP contribution in [-0.2, 0) is 41.3 Å². The molecule has 0 aromatic heterocycles. The Hall–Kier alpha value is 2.73. The van der Waals surface area contributed by atoms with Gasteiger partial charge in [-0.3, -0.25) is 0 Å². The fourth-order valence-electron chi connectivity index (χ4n) is 0. The molecule has 0 bridgehead atoms. The van der Waals surface area contributed by atoms with Gasteiger partial charge in [-0.05, 0) is 0 Å². The van der Waals surface area contributed by atoms with E-state index in [1.165, 1.54) is 0 Å². The van der Waals surface area contributed by atoms with Crippen LogP contribution >= 0.6 is 13.0 Å². The maximum Gasteiger partial charge on any atom is 0 e. The number of hydrogen-bond acceptors (Lipinski definition) is 0. The second-order valence-corrected chi connectivity index (χ2v) is 0. The van der Waals surface area contributed by atoms with Crippen molar-refractivity contribution in [2.75, 3.05) is 0 Å². The molecule has 4 heavy (non-hydrogen) atoms. The van der Waals surface area contributed by atoms with Gasteiger partial charge in [0.2, 0.25) is 0 Å². The molecule has 31 valence electrons. The molecule has 0 amide bonds. The van der Waals surface area contributed by atoms with Crippen LogP contribution in [0.15, 0.2) is 0 Å². The van der Waals surface area contributed by atoms with Crippen molar-refractivity contribution in [1.29, 1.82) is 0 Å². The van der Waals surface area contributed by atoms with Gasteiger partial charge in [0.15, 0.2) is 0 Å². The van der Waals surface area contributed by atoms with E-state index in [0.29, 0.717) is 0 Å². The first-order valence-corrected chi connectivity index (χ1v) is 3.50. The van der Waals surface area contributed by atoms with Crippen molar-refractivity contribution < 1.29 is 41.3 Å². The molecule has 0 fully saturated rings. The summed E-state index contributed by atoms with van der Waals surface area (Å²) < 4.78 is 0. The standard InChI is InChI=1S/2Ag.BrH.Mg/h;;1H;/q;+1;;/p-1. The SMILES string of the molecule is [Ag].[Br][Ag].[Mg]. The van der Waals surface area contributed by atoms with E-state index in [0.717, 1.165) is 0 Å². The zero-order valence-electron chi connectivity index (χ0n) is 1.69. The molecule has 0 heterocycles. The second kappa shape index (κ2) is 17.2. The van der Waals surface area contributed by atoms with Crippen molar-refractivity contribution >= 4 is 36.1 Å². The Morgan fingerprint density at radius 3 is 1.25 bits per heavy atom. The maximum atomic E-state index is 2.76. The van der Waals surface area contributed by atoms with E-state index < -0.39 is 0 Å². The Morgan fingerprint density at radius 2 is 1.25 bits per heavy atom. The summed E-state index contributed by atoms with van der Waals surface area (Å²) in [6, 6.07) is 0. The average molecular weight is 320 g/mol. The summed E-state index contributed by atoms with van der Waals surface area (Å²) in [7, 11) is 0. The van der Waals surface area contributed by atoms with Gasteiger partial charge >= 0.3 is 32.0 Å². The van der Waals surface area contributed by atoms with Crippen LogP contribution in [0.25, 0.3) is 0 Å². The smallest absolute Gasteiger partial charge is 0 e. The Bertz CT molecular complexity index is 6.00. The van der Waals surface area contributed by atoms with Crippen LogP contribution in [0.5, 0.6) is 0 Å². The van der Waals surface area contributed by atoms with Crippen molar-refractivity contribution in [2.45, 2.75) is 0 Å². The van der Waals surface area contributed by atoms with Gasteiger partial charge in [0.1, 0.15) is 0 Å². The summed E-state index contributed by atoms with van der Waals surface area (Å²) >= 11 is 5.51. The summed E-state index contributed by atoms with van der Waals surface area (Å²) in [5.41, 5.74) is 0. The number of hydrogen-bond donors (Lipinski definition) is 0. The predicted molar refractivity (Wildman–Crippen MR) is 14.7 cm³/mol. The Morgan fingerprint density at radius 1 is 1.25 bits per heavy atom.